The topological polar surface area (TPSA) is 31.4 Å². The standard InChI is InChI=1S/C12H15N3.ClH/c1-9-12(13-8-15(2)3)10-6-4-5-7-11(10)14-9;/h4-8,14H,1-3H3;1H. The molecule has 16 heavy (non-hydrogen) atoms. The molecular weight excluding hydrogens is 222 g/mol. The van der Waals surface area contributed by atoms with E-state index in [1.807, 2.05) is 44.4 Å². The highest BCUT2D eigenvalue weighted by atomic mass is 35.5. The van der Waals surface area contributed by atoms with Crippen LogP contribution in [0.25, 0.3) is 10.9 Å². The summed E-state index contributed by atoms with van der Waals surface area (Å²) in [5.41, 5.74) is 3.27. The van der Waals surface area contributed by atoms with Crippen LogP contribution in [0.5, 0.6) is 0 Å². The number of hydrogen-bond donors (Lipinski definition) is 1. The Morgan fingerprint density at radius 3 is 2.62 bits per heavy atom. The normalized spacial score (nSPS) is 10.7. The average molecular weight is 238 g/mol. The Kier molecular flexibility index (Phi) is 3.96. The molecule has 1 aromatic carbocycles. The number of aromatic nitrogens is 1. The van der Waals surface area contributed by atoms with Crippen LogP contribution in [-0.2, 0) is 0 Å². The number of aromatic amines is 1. The fourth-order valence-corrected chi connectivity index (χ4v) is 1.60. The molecule has 1 aromatic heterocycles. The Balaban J connectivity index is 0.00000128. The van der Waals surface area contributed by atoms with Crippen molar-refractivity contribution in [3.63, 3.8) is 0 Å². The number of para-hydroxylation sites is 1. The fourth-order valence-electron chi connectivity index (χ4n) is 1.60. The molecule has 3 nitrogen and oxygen atoms in total. The maximum atomic E-state index is 4.46. The second kappa shape index (κ2) is 5.03. The van der Waals surface area contributed by atoms with E-state index in [0.717, 1.165) is 16.9 Å². The van der Waals surface area contributed by atoms with E-state index in [9.17, 15) is 0 Å². The quantitative estimate of drug-likeness (QED) is 0.632. The molecule has 0 amide bonds. The van der Waals surface area contributed by atoms with Gasteiger partial charge in [-0.05, 0) is 13.0 Å². The minimum Gasteiger partial charge on any atom is -0.369 e. The molecule has 4 heteroatoms. The van der Waals surface area contributed by atoms with Gasteiger partial charge >= 0.3 is 0 Å². The van der Waals surface area contributed by atoms with Gasteiger partial charge in [-0.25, -0.2) is 4.99 Å². The van der Waals surface area contributed by atoms with Crippen LogP contribution in [-0.4, -0.2) is 30.3 Å². The molecule has 0 unspecified atom stereocenters. The number of hydrogen-bond acceptors (Lipinski definition) is 1. The van der Waals surface area contributed by atoms with Gasteiger partial charge in [-0.15, -0.1) is 12.4 Å². The first kappa shape index (κ1) is 12.6. The van der Waals surface area contributed by atoms with Crippen LogP contribution >= 0.6 is 12.4 Å². The number of nitrogens with zero attached hydrogens (tertiary/aromatic N) is 2. The zero-order valence-electron chi connectivity index (χ0n) is 9.69. The lowest BCUT2D eigenvalue weighted by Gasteiger charge is -2.01. The zero-order chi connectivity index (χ0) is 10.8. The Morgan fingerprint density at radius 1 is 1.25 bits per heavy atom. The van der Waals surface area contributed by atoms with Gasteiger partial charge in [-0.1, -0.05) is 18.2 Å². The van der Waals surface area contributed by atoms with E-state index < -0.39 is 0 Å². The lowest BCUT2D eigenvalue weighted by atomic mass is 10.2. The predicted molar refractivity (Wildman–Crippen MR) is 72.1 cm³/mol. The number of benzene rings is 1. The molecule has 0 aliphatic rings. The molecule has 0 aliphatic carbocycles. The number of H-pyrrole nitrogens is 1. The lowest BCUT2D eigenvalue weighted by Crippen LogP contribution is -2.06. The van der Waals surface area contributed by atoms with Crippen molar-refractivity contribution >= 4 is 35.3 Å². The van der Waals surface area contributed by atoms with Crippen molar-refractivity contribution in [2.24, 2.45) is 4.99 Å². The van der Waals surface area contributed by atoms with Gasteiger partial charge in [0, 0.05) is 30.7 Å². The summed E-state index contributed by atoms with van der Waals surface area (Å²) in [4.78, 5) is 9.71. The first-order chi connectivity index (χ1) is 7.18. The van der Waals surface area contributed by atoms with Crippen LogP contribution in [0.4, 0.5) is 5.69 Å². The first-order valence-electron chi connectivity index (χ1n) is 4.96. The number of halogens is 1. The van der Waals surface area contributed by atoms with Gasteiger partial charge in [0.25, 0.3) is 0 Å². The van der Waals surface area contributed by atoms with Crippen molar-refractivity contribution in [3.8, 4) is 0 Å². The van der Waals surface area contributed by atoms with Crippen LogP contribution in [0.15, 0.2) is 29.3 Å². The number of rotatable bonds is 2. The monoisotopic (exact) mass is 237 g/mol. The van der Waals surface area contributed by atoms with Crippen LogP contribution in [0.3, 0.4) is 0 Å². The summed E-state index contributed by atoms with van der Waals surface area (Å²) >= 11 is 0. The highest BCUT2D eigenvalue weighted by molar-refractivity contribution is 5.93. The van der Waals surface area contributed by atoms with E-state index in [-0.39, 0.29) is 12.4 Å². The van der Waals surface area contributed by atoms with Gasteiger partial charge in [0.05, 0.1) is 12.0 Å². The van der Waals surface area contributed by atoms with Crippen molar-refractivity contribution in [1.82, 2.24) is 9.88 Å². The molecule has 0 saturated heterocycles. The van der Waals surface area contributed by atoms with Crippen molar-refractivity contribution in [2.75, 3.05) is 14.1 Å². The predicted octanol–water partition coefficient (Wildman–Crippen LogP) is 3.12. The van der Waals surface area contributed by atoms with Gasteiger partial charge in [0.2, 0.25) is 0 Å². The molecule has 0 atom stereocenters. The van der Waals surface area contributed by atoms with Gasteiger partial charge in [0.1, 0.15) is 0 Å². The number of fused-ring (bicyclic) bond motifs is 1. The molecule has 0 bridgehead atoms. The molecule has 0 spiro atoms. The number of aryl methyl sites for hydroxylation is 1. The van der Waals surface area contributed by atoms with Crippen LogP contribution in [0.2, 0.25) is 0 Å². The van der Waals surface area contributed by atoms with E-state index in [1.54, 1.807) is 0 Å². The fraction of sp³-hybridized carbons (Fsp3) is 0.250. The largest absolute Gasteiger partial charge is 0.369 e. The molecule has 86 valence electrons. The summed E-state index contributed by atoms with van der Waals surface area (Å²) in [6.07, 6.45) is 1.82. The first-order valence-corrected chi connectivity index (χ1v) is 4.96. The smallest absolute Gasteiger partial charge is 0.0930 e. The third-order valence-electron chi connectivity index (χ3n) is 2.28. The Labute approximate surface area is 102 Å². The highest BCUT2D eigenvalue weighted by Crippen LogP contribution is 2.29. The summed E-state index contributed by atoms with van der Waals surface area (Å²) in [5.74, 6) is 0. The Bertz CT molecular complexity index is 500. The Hall–Kier alpha value is -1.48. The minimum atomic E-state index is 0. The molecule has 2 aromatic rings. The summed E-state index contributed by atoms with van der Waals surface area (Å²) in [7, 11) is 3.93. The van der Waals surface area contributed by atoms with Crippen LogP contribution in [0, 0.1) is 6.92 Å². The lowest BCUT2D eigenvalue weighted by molar-refractivity contribution is 0.643. The zero-order valence-corrected chi connectivity index (χ0v) is 10.5. The summed E-state index contributed by atoms with van der Waals surface area (Å²) in [6, 6.07) is 8.21. The molecule has 0 radical (unpaired) electrons. The number of nitrogens with one attached hydrogen (secondary N) is 1. The average Bonchev–Trinajstić information content (AvgIpc) is 2.50. The van der Waals surface area contributed by atoms with Gasteiger partial charge < -0.3 is 9.88 Å². The van der Waals surface area contributed by atoms with E-state index in [2.05, 4.69) is 22.1 Å². The van der Waals surface area contributed by atoms with E-state index in [1.165, 1.54) is 5.39 Å². The summed E-state index contributed by atoms with van der Waals surface area (Å²) < 4.78 is 0. The van der Waals surface area contributed by atoms with Crippen molar-refractivity contribution in [1.29, 1.82) is 0 Å². The second-order valence-corrected chi connectivity index (χ2v) is 3.85. The molecule has 2 rings (SSSR count). The SMILES string of the molecule is Cc1[nH]c2ccccc2c1N=CN(C)C.Cl. The van der Waals surface area contributed by atoms with E-state index in [0.29, 0.717) is 0 Å². The van der Waals surface area contributed by atoms with Crippen LogP contribution in [0.1, 0.15) is 5.69 Å². The maximum absolute atomic E-state index is 4.46. The van der Waals surface area contributed by atoms with Crippen molar-refractivity contribution in [2.45, 2.75) is 6.92 Å². The van der Waals surface area contributed by atoms with Gasteiger partial charge in [0.15, 0.2) is 0 Å². The third kappa shape index (κ3) is 2.36. The van der Waals surface area contributed by atoms with Crippen LogP contribution < -0.4 is 0 Å². The molecule has 1 N–H and O–H groups in total. The van der Waals surface area contributed by atoms with Gasteiger partial charge in [-0.3, -0.25) is 0 Å². The summed E-state index contributed by atoms with van der Waals surface area (Å²) in [5, 5.41) is 1.17. The molecule has 0 aliphatic heterocycles. The van der Waals surface area contributed by atoms with Gasteiger partial charge in [-0.2, -0.15) is 0 Å². The molecular formula is C12H16ClN3. The molecule has 1 heterocycles. The molecule has 0 fully saturated rings. The maximum Gasteiger partial charge on any atom is 0.0930 e. The number of aliphatic imine (C=N–C) groups is 1. The Morgan fingerprint density at radius 2 is 1.94 bits per heavy atom. The molecule has 0 saturated carbocycles. The van der Waals surface area contributed by atoms with E-state index >= 15 is 0 Å². The second-order valence-electron chi connectivity index (χ2n) is 3.85. The minimum absolute atomic E-state index is 0. The van der Waals surface area contributed by atoms with Crippen molar-refractivity contribution in [3.05, 3.63) is 30.0 Å². The highest BCUT2D eigenvalue weighted by Gasteiger charge is 2.05. The third-order valence-corrected chi connectivity index (χ3v) is 2.28. The van der Waals surface area contributed by atoms with Crippen molar-refractivity contribution < 1.29 is 0 Å². The van der Waals surface area contributed by atoms with E-state index in [4.69, 9.17) is 0 Å². The summed E-state index contributed by atoms with van der Waals surface area (Å²) in [6.45, 7) is 2.04.